The Bertz CT molecular complexity index is 298. The fourth-order valence-electron chi connectivity index (χ4n) is 3.62. The summed E-state index contributed by atoms with van der Waals surface area (Å²) in [5.41, 5.74) is 2.88. The van der Waals surface area contributed by atoms with Crippen LogP contribution in [0.2, 0.25) is 0 Å². The minimum atomic E-state index is 0.442. The van der Waals surface area contributed by atoms with Crippen LogP contribution in [-0.2, 0) is 4.79 Å². The standard InChI is InChI=1S/C14H22O/c1-10-7-11-5-4-6-14(2,3)13(11)8-12(10)9-15/h9,11,13H,4-8H2,1-3H3/t11-,13+/m1/s1. The first-order valence-electron chi connectivity index (χ1n) is 6.18. The second-order valence-corrected chi connectivity index (χ2v) is 6.08. The van der Waals surface area contributed by atoms with Gasteiger partial charge < -0.3 is 0 Å². The molecule has 2 rings (SSSR count). The van der Waals surface area contributed by atoms with Gasteiger partial charge in [0.1, 0.15) is 6.29 Å². The first kappa shape index (κ1) is 10.9. The Morgan fingerprint density at radius 2 is 2.07 bits per heavy atom. The summed E-state index contributed by atoms with van der Waals surface area (Å²) in [4.78, 5) is 11.0. The highest BCUT2D eigenvalue weighted by Gasteiger charge is 2.41. The van der Waals surface area contributed by atoms with Crippen molar-refractivity contribution in [2.24, 2.45) is 17.3 Å². The summed E-state index contributed by atoms with van der Waals surface area (Å²) in [5.74, 6) is 1.59. The van der Waals surface area contributed by atoms with Crippen LogP contribution in [0.25, 0.3) is 0 Å². The maximum Gasteiger partial charge on any atom is 0.145 e. The average molecular weight is 206 g/mol. The molecule has 0 aliphatic heterocycles. The van der Waals surface area contributed by atoms with Crippen molar-refractivity contribution < 1.29 is 4.79 Å². The minimum absolute atomic E-state index is 0.442. The molecular weight excluding hydrogens is 184 g/mol. The van der Waals surface area contributed by atoms with Gasteiger partial charge in [-0.15, -0.1) is 0 Å². The molecule has 0 saturated heterocycles. The number of carbonyl (C=O) groups is 1. The van der Waals surface area contributed by atoms with Gasteiger partial charge >= 0.3 is 0 Å². The third-order valence-corrected chi connectivity index (χ3v) is 4.67. The summed E-state index contributed by atoms with van der Waals surface area (Å²) >= 11 is 0. The molecule has 0 amide bonds. The third kappa shape index (κ3) is 1.89. The molecule has 0 spiro atoms. The van der Waals surface area contributed by atoms with E-state index in [-0.39, 0.29) is 0 Å². The van der Waals surface area contributed by atoms with Crippen LogP contribution in [0, 0.1) is 17.3 Å². The number of rotatable bonds is 1. The summed E-state index contributed by atoms with van der Waals surface area (Å²) in [6.45, 7) is 6.90. The zero-order valence-electron chi connectivity index (χ0n) is 10.2. The lowest BCUT2D eigenvalue weighted by Gasteiger charge is -2.47. The number of hydrogen-bond acceptors (Lipinski definition) is 1. The minimum Gasteiger partial charge on any atom is -0.298 e. The van der Waals surface area contributed by atoms with Gasteiger partial charge in [0.05, 0.1) is 0 Å². The van der Waals surface area contributed by atoms with E-state index in [2.05, 4.69) is 20.8 Å². The zero-order chi connectivity index (χ0) is 11.1. The van der Waals surface area contributed by atoms with Crippen molar-refractivity contribution in [2.75, 3.05) is 0 Å². The van der Waals surface area contributed by atoms with Gasteiger partial charge in [0.15, 0.2) is 0 Å². The number of allylic oxidation sites excluding steroid dienone is 2. The average Bonchev–Trinajstić information content (AvgIpc) is 2.16. The van der Waals surface area contributed by atoms with Crippen molar-refractivity contribution >= 4 is 6.29 Å². The molecule has 2 aliphatic rings. The second kappa shape index (κ2) is 3.77. The van der Waals surface area contributed by atoms with Gasteiger partial charge in [0.25, 0.3) is 0 Å². The lowest BCUT2D eigenvalue weighted by Crippen LogP contribution is -2.37. The van der Waals surface area contributed by atoms with Gasteiger partial charge in [-0.1, -0.05) is 25.8 Å². The number of fused-ring (bicyclic) bond motifs is 1. The first-order valence-corrected chi connectivity index (χ1v) is 6.18. The molecule has 2 atom stereocenters. The lowest BCUT2D eigenvalue weighted by atomic mass is 9.58. The molecule has 0 aromatic carbocycles. The van der Waals surface area contributed by atoms with Crippen molar-refractivity contribution in [3.63, 3.8) is 0 Å². The highest BCUT2D eigenvalue weighted by molar-refractivity contribution is 5.74. The highest BCUT2D eigenvalue weighted by Crippen LogP contribution is 2.51. The zero-order valence-corrected chi connectivity index (χ0v) is 10.2. The van der Waals surface area contributed by atoms with Crippen molar-refractivity contribution in [1.82, 2.24) is 0 Å². The Morgan fingerprint density at radius 1 is 1.33 bits per heavy atom. The molecule has 1 saturated carbocycles. The SMILES string of the molecule is CC1=C(C=O)C[C@H]2[C@H](CCCC2(C)C)C1. The molecule has 1 fully saturated rings. The Morgan fingerprint density at radius 3 is 2.73 bits per heavy atom. The van der Waals surface area contributed by atoms with E-state index in [0.717, 1.165) is 30.1 Å². The Balaban J connectivity index is 2.26. The third-order valence-electron chi connectivity index (χ3n) is 4.67. The summed E-state index contributed by atoms with van der Waals surface area (Å²) < 4.78 is 0. The van der Waals surface area contributed by atoms with E-state index in [1.165, 1.54) is 31.3 Å². The molecule has 1 nitrogen and oxygen atoms in total. The topological polar surface area (TPSA) is 17.1 Å². The van der Waals surface area contributed by atoms with E-state index in [0.29, 0.717) is 5.41 Å². The first-order chi connectivity index (χ1) is 7.04. The van der Waals surface area contributed by atoms with Crippen molar-refractivity contribution in [1.29, 1.82) is 0 Å². The van der Waals surface area contributed by atoms with Crippen LogP contribution < -0.4 is 0 Å². The fraction of sp³-hybridized carbons (Fsp3) is 0.786. The maximum atomic E-state index is 11.0. The highest BCUT2D eigenvalue weighted by atomic mass is 16.1. The van der Waals surface area contributed by atoms with Gasteiger partial charge in [-0.2, -0.15) is 0 Å². The summed E-state index contributed by atoms with van der Waals surface area (Å²) in [5, 5.41) is 0. The van der Waals surface area contributed by atoms with Crippen LogP contribution in [0.5, 0.6) is 0 Å². The fourth-order valence-corrected chi connectivity index (χ4v) is 3.62. The Kier molecular flexibility index (Phi) is 2.74. The Hall–Kier alpha value is -0.590. The van der Waals surface area contributed by atoms with Gasteiger partial charge in [0.2, 0.25) is 0 Å². The molecule has 0 bridgehead atoms. The van der Waals surface area contributed by atoms with Gasteiger partial charge in [-0.25, -0.2) is 0 Å². The summed E-state index contributed by atoms with van der Waals surface area (Å²) in [6, 6.07) is 0. The molecule has 0 aromatic rings. The monoisotopic (exact) mass is 206 g/mol. The van der Waals surface area contributed by atoms with E-state index in [1.807, 2.05) is 0 Å². The molecule has 1 heteroatoms. The molecule has 0 N–H and O–H groups in total. The molecule has 2 aliphatic carbocycles. The molecule has 0 heterocycles. The van der Waals surface area contributed by atoms with Gasteiger partial charge in [-0.05, 0) is 55.4 Å². The molecular formula is C14H22O. The van der Waals surface area contributed by atoms with Crippen LogP contribution in [0.1, 0.15) is 52.9 Å². The van der Waals surface area contributed by atoms with Crippen LogP contribution in [0.3, 0.4) is 0 Å². The molecule has 15 heavy (non-hydrogen) atoms. The van der Waals surface area contributed by atoms with Gasteiger partial charge in [-0.3, -0.25) is 4.79 Å². The molecule has 0 unspecified atom stereocenters. The summed E-state index contributed by atoms with van der Waals surface area (Å²) in [7, 11) is 0. The van der Waals surface area contributed by atoms with Crippen LogP contribution in [0.4, 0.5) is 0 Å². The Labute approximate surface area is 92.9 Å². The number of carbonyl (C=O) groups excluding carboxylic acids is 1. The van der Waals surface area contributed by atoms with Crippen molar-refractivity contribution in [2.45, 2.75) is 52.9 Å². The predicted octanol–water partition coefficient (Wildman–Crippen LogP) is 3.74. The van der Waals surface area contributed by atoms with Crippen LogP contribution in [-0.4, -0.2) is 6.29 Å². The number of hydrogen-bond donors (Lipinski definition) is 0. The van der Waals surface area contributed by atoms with E-state index in [4.69, 9.17) is 0 Å². The van der Waals surface area contributed by atoms with E-state index < -0.39 is 0 Å². The maximum absolute atomic E-state index is 11.0. The van der Waals surface area contributed by atoms with Gasteiger partial charge in [0, 0.05) is 0 Å². The number of aldehydes is 1. The predicted molar refractivity (Wildman–Crippen MR) is 62.6 cm³/mol. The largest absolute Gasteiger partial charge is 0.298 e. The molecule has 84 valence electrons. The normalized spacial score (nSPS) is 34.9. The lowest BCUT2D eigenvalue weighted by molar-refractivity contribution is -0.105. The van der Waals surface area contributed by atoms with E-state index in [9.17, 15) is 4.79 Å². The van der Waals surface area contributed by atoms with Crippen LogP contribution >= 0.6 is 0 Å². The van der Waals surface area contributed by atoms with Crippen LogP contribution in [0.15, 0.2) is 11.1 Å². The van der Waals surface area contributed by atoms with Crippen molar-refractivity contribution in [3.8, 4) is 0 Å². The van der Waals surface area contributed by atoms with E-state index in [1.54, 1.807) is 0 Å². The summed E-state index contributed by atoms with van der Waals surface area (Å²) in [6.07, 6.45) is 7.38. The second-order valence-electron chi connectivity index (χ2n) is 6.08. The molecule has 0 aromatic heterocycles. The molecule has 0 radical (unpaired) electrons. The smallest absolute Gasteiger partial charge is 0.145 e. The van der Waals surface area contributed by atoms with E-state index >= 15 is 0 Å². The quantitative estimate of drug-likeness (QED) is 0.597. The van der Waals surface area contributed by atoms with Crippen molar-refractivity contribution in [3.05, 3.63) is 11.1 Å².